The van der Waals surface area contributed by atoms with Crippen molar-refractivity contribution in [1.29, 1.82) is 0 Å². The first-order valence-electron chi connectivity index (χ1n) is 17.2. The zero-order valence-electron chi connectivity index (χ0n) is 27.0. The van der Waals surface area contributed by atoms with E-state index in [1.165, 1.54) is 92.2 Å². The monoisotopic (exact) mass is 622 g/mol. The number of nitrogens with zero attached hydrogens (tertiary/aromatic N) is 2. The number of aromatic nitrogens is 2. The van der Waals surface area contributed by atoms with Crippen LogP contribution in [-0.2, 0) is 6.42 Å². The van der Waals surface area contributed by atoms with E-state index in [9.17, 15) is 0 Å². The van der Waals surface area contributed by atoms with Crippen molar-refractivity contribution in [3.63, 3.8) is 0 Å². The van der Waals surface area contributed by atoms with Crippen molar-refractivity contribution in [1.82, 2.24) is 9.55 Å². The average molecular weight is 623 g/mol. The maximum Gasteiger partial charge on any atom is 0.114 e. The van der Waals surface area contributed by atoms with Gasteiger partial charge in [-0.15, -0.1) is 0 Å². The molecule has 2 nitrogen and oxygen atoms in total. The highest BCUT2D eigenvalue weighted by Gasteiger charge is 2.20. The first kappa shape index (κ1) is 26.8. The maximum absolute atomic E-state index is 5.02. The van der Waals surface area contributed by atoms with Crippen molar-refractivity contribution in [3.05, 3.63) is 157 Å². The molecule has 0 amide bonds. The summed E-state index contributed by atoms with van der Waals surface area (Å²) in [5, 5.41) is 18.1. The Kier molecular flexibility index (Phi) is 5.40. The molecule has 11 rings (SSSR count). The van der Waals surface area contributed by atoms with E-state index in [1.807, 2.05) is 0 Å². The molecule has 0 aliphatic carbocycles. The second kappa shape index (κ2) is 9.88. The van der Waals surface area contributed by atoms with Crippen LogP contribution in [0.2, 0.25) is 0 Å². The third-order valence-corrected chi connectivity index (χ3v) is 10.8. The third kappa shape index (κ3) is 3.58. The number of imidazole rings is 1. The van der Waals surface area contributed by atoms with Gasteiger partial charge < -0.3 is 0 Å². The molecule has 49 heavy (non-hydrogen) atoms. The summed E-state index contributed by atoms with van der Waals surface area (Å²) in [6.45, 7) is 2.19. The predicted octanol–water partition coefficient (Wildman–Crippen LogP) is 12.8. The van der Waals surface area contributed by atoms with Crippen LogP contribution in [0.5, 0.6) is 0 Å². The van der Waals surface area contributed by atoms with Crippen molar-refractivity contribution >= 4 is 86.4 Å². The van der Waals surface area contributed by atoms with E-state index >= 15 is 0 Å². The molecule has 0 aliphatic rings. The van der Waals surface area contributed by atoms with Crippen LogP contribution in [0.15, 0.2) is 152 Å². The molecule has 0 aliphatic heterocycles. The lowest BCUT2D eigenvalue weighted by Gasteiger charge is -2.19. The Morgan fingerprint density at radius 1 is 0.429 bits per heavy atom. The van der Waals surface area contributed by atoms with E-state index in [0.29, 0.717) is 0 Å². The second-order valence-electron chi connectivity index (χ2n) is 13.3. The van der Waals surface area contributed by atoms with Gasteiger partial charge in [-0.25, -0.2) is 4.98 Å². The average Bonchev–Trinajstić information content (AvgIpc) is 3.54. The van der Waals surface area contributed by atoms with Crippen molar-refractivity contribution in [2.24, 2.45) is 0 Å². The number of hydrogen-bond donors (Lipinski definition) is 0. The van der Waals surface area contributed by atoms with Crippen LogP contribution in [-0.4, -0.2) is 9.55 Å². The van der Waals surface area contributed by atoms with Gasteiger partial charge in [-0.3, -0.25) is 4.57 Å². The van der Waals surface area contributed by atoms with Crippen molar-refractivity contribution in [3.8, 4) is 16.8 Å². The highest BCUT2D eigenvalue weighted by Crippen LogP contribution is 2.46. The number of benzene rings is 9. The van der Waals surface area contributed by atoms with Gasteiger partial charge in [-0.1, -0.05) is 134 Å². The molecule has 228 valence electrons. The highest BCUT2D eigenvalue weighted by molar-refractivity contribution is 6.38. The summed E-state index contributed by atoms with van der Waals surface area (Å²) in [7, 11) is 0. The summed E-state index contributed by atoms with van der Waals surface area (Å²) < 4.78 is 2.36. The van der Waals surface area contributed by atoms with E-state index in [-0.39, 0.29) is 0 Å². The van der Waals surface area contributed by atoms with E-state index in [0.717, 1.165) is 23.3 Å². The van der Waals surface area contributed by atoms with E-state index in [1.54, 1.807) is 0 Å². The maximum atomic E-state index is 5.02. The van der Waals surface area contributed by atoms with Gasteiger partial charge in [0, 0.05) is 11.8 Å². The molecule has 0 atom stereocenters. The van der Waals surface area contributed by atoms with E-state index < -0.39 is 0 Å². The number of fused-ring (bicyclic) bond motifs is 4. The smallest absolute Gasteiger partial charge is 0.114 e. The summed E-state index contributed by atoms with van der Waals surface area (Å²) >= 11 is 0. The molecule has 0 bridgehead atoms. The largest absolute Gasteiger partial charge is 0.296 e. The third-order valence-electron chi connectivity index (χ3n) is 10.8. The van der Waals surface area contributed by atoms with Crippen LogP contribution in [0.3, 0.4) is 0 Å². The van der Waals surface area contributed by atoms with Gasteiger partial charge in [0.25, 0.3) is 0 Å². The lowest BCUT2D eigenvalue weighted by molar-refractivity contribution is 0.913. The minimum atomic E-state index is 0.856. The van der Waals surface area contributed by atoms with Gasteiger partial charge in [-0.2, -0.15) is 0 Å². The Morgan fingerprint density at radius 3 is 1.69 bits per heavy atom. The van der Waals surface area contributed by atoms with Crippen LogP contribution in [0, 0.1) is 0 Å². The van der Waals surface area contributed by atoms with Crippen LogP contribution >= 0.6 is 0 Å². The molecule has 0 N–H and O–H groups in total. The fourth-order valence-corrected chi connectivity index (χ4v) is 8.82. The zero-order chi connectivity index (χ0) is 32.2. The summed E-state index contributed by atoms with van der Waals surface area (Å²) in [4.78, 5) is 5.02. The predicted molar refractivity (Wildman–Crippen MR) is 210 cm³/mol. The molecule has 0 radical (unpaired) electrons. The van der Waals surface area contributed by atoms with Crippen LogP contribution < -0.4 is 0 Å². The summed E-state index contributed by atoms with van der Waals surface area (Å²) in [6.07, 6.45) is 0.856. The fraction of sp³-hybridized carbons (Fsp3) is 0.0426. The van der Waals surface area contributed by atoms with Gasteiger partial charge in [0.2, 0.25) is 0 Å². The molecule has 0 unspecified atom stereocenters. The van der Waals surface area contributed by atoms with E-state index in [2.05, 4.69) is 163 Å². The number of aryl methyl sites for hydroxylation is 1. The molecule has 0 saturated carbocycles. The molecule has 2 heteroatoms. The molecule has 10 aromatic carbocycles. The second-order valence-corrected chi connectivity index (χ2v) is 13.3. The van der Waals surface area contributed by atoms with Crippen molar-refractivity contribution in [2.75, 3.05) is 0 Å². The summed E-state index contributed by atoms with van der Waals surface area (Å²) in [6, 6.07) is 56.4. The zero-order valence-corrected chi connectivity index (χ0v) is 27.0. The van der Waals surface area contributed by atoms with Crippen LogP contribution in [0.25, 0.3) is 103 Å². The molecule has 1 heterocycles. The minimum absolute atomic E-state index is 0.856. The molecule has 0 saturated heterocycles. The molecular formula is C47H30N2. The Labute approximate surface area is 282 Å². The lowest BCUT2D eigenvalue weighted by Crippen LogP contribution is -2.01. The molecule has 0 spiro atoms. The molecule has 1 aromatic heterocycles. The number of para-hydroxylation sites is 2. The van der Waals surface area contributed by atoms with Gasteiger partial charge in [0.15, 0.2) is 0 Å². The lowest BCUT2D eigenvalue weighted by atomic mass is 9.85. The Morgan fingerprint density at radius 2 is 0.980 bits per heavy atom. The Balaban J connectivity index is 1.31. The first-order chi connectivity index (χ1) is 24.3. The molecule has 11 aromatic rings. The van der Waals surface area contributed by atoms with E-state index in [4.69, 9.17) is 4.98 Å². The van der Waals surface area contributed by atoms with Crippen LogP contribution in [0.1, 0.15) is 12.7 Å². The fourth-order valence-electron chi connectivity index (χ4n) is 8.82. The van der Waals surface area contributed by atoms with Crippen LogP contribution in [0.4, 0.5) is 0 Å². The van der Waals surface area contributed by atoms with Gasteiger partial charge in [0.05, 0.1) is 16.7 Å². The number of rotatable bonds is 3. The summed E-state index contributed by atoms with van der Waals surface area (Å²) in [5.41, 5.74) is 5.85. The molecule has 0 fully saturated rings. The highest BCUT2D eigenvalue weighted by atomic mass is 15.1. The van der Waals surface area contributed by atoms with Gasteiger partial charge in [-0.05, 0) is 105 Å². The standard InChI is InChI=1S/C47H30N2/c1-2-43-48-40-21-5-6-22-42(40)49(43)41-26-25-32(31-14-3-4-15-33(31)41)39-27-30-13-9-18-35-34-16-7-11-28-23-24-29-12-8-17-36(45(29)44(28)34)37-19-10-20-38(39)47(37)46(30)35/h3-27H,2H2,1H3. The Hall–Kier alpha value is -6.25. The molecular weight excluding hydrogens is 593 g/mol. The summed E-state index contributed by atoms with van der Waals surface area (Å²) in [5.74, 6) is 1.08. The van der Waals surface area contributed by atoms with Crippen molar-refractivity contribution in [2.45, 2.75) is 13.3 Å². The topological polar surface area (TPSA) is 17.8 Å². The van der Waals surface area contributed by atoms with Crippen molar-refractivity contribution < 1.29 is 0 Å². The van der Waals surface area contributed by atoms with Gasteiger partial charge in [0.1, 0.15) is 5.82 Å². The quantitative estimate of drug-likeness (QED) is 0.179. The number of hydrogen-bond acceptors (Lipinski definition) is 1. The van der Waals surface area contributed by atoms with Gasteiger partial charge >= 0.3 is 0 Å². The SMILES string of the molecule is CCc1nc2ccccc2n1-c1ccc(-c2cc3cccc4c5cccc6ccc7cccc(c8cccc2c8c34)c7c65)c2ccccc12. The normalized spacial score (nSPS) is 12.3. The minimum Gasteiger partial charge on any atom is -0.296 e. The first-order valence-corrected chi connectivity index (χ1v) is 17.2. The Bertz CT molecular complexity index is 3140.